The van der Waals surface area contributed by atoms with Crippen LogP contribution in [0.3, 0.4) is 0 Å². The van der Waals surface area contributed by atoms with E-state index in [0.717, 1.165) is 19.5 Å². The highest BCUT2D eigenvalue weighted by molar-refractivity contribution is 5.81. The number of nitrogens with zero attached hydrogens (tertiary/aromatic N) is 1. The molecule has 0 aromatic carbocycles. The van der Waals surface area contributed by atoms with Crippen molar-refractivity contribution in [3.8, 4) is 0 Å². The molecule has 0 fully saturated rings. The van der Waals surface area contributed by atoms with Crippen LogP contribution in [0.1, 0.15) is 26.7 Å². The van der Waals surface area contributed by atoms with Gasteiger partial charge >= 0.3 is 0 Å². The molecule has 0 aromatic heterocycles. The van der Waals surface area contributed by atoms with E-state index in [1.165, 1.54) is 0 Å². The molecule has 0 heterocycles. The molecule has 0 radical (unpaired) electrons. The molecule has 0 aliphatic rings. The number of nitrogens with two attached hydrogens (primary N) is 1. The van der Waals surface area contributed by atoms with Crippen LogP contribution in [0.2, 0.25) is 0 Å². The van der Waals surface area contributed by atoms with E-state index >= 15 is 0 Å². The minimum Gasteiger partial charge on any atom is -0.396 e. The fraction of sp³-hybridized carbons (Fsp3) is 0.889. The maximum atomic E-state index is 11.4. The number of aliphatic hydroxyl groups is 1. The maximum absolute atomic E-state index is 11.4. The Labute approximate surface area is 85.2 Å². The van der Waals surface area contributed by atoms with Gasteiger partial charge in [-0.3, -0.25) is 15.1 Å². The number of amides is 1. The van der Waals surface area contributed by atoms with E-state index in [0.29, 0.717) is 6.42 Å². The quantitative estimate of drug-likeness (QED) is 0.295. The number of nitrogens with one attached hydrogen (secondary N) is 1. The van der Waals surface area contributed by atoms with Gasteiger partial charge in [-0.25, -0.2) is 5.84 Å². The number of carbonyl (C=O) groups excluding carboxylic acids is 1. The Kier molecular flexibility index (Phi) is 7.37. The zero-order chi connectivity index (χ0) is 11.0. The third kappa shape index (κ3) is 4.04. The molecule has 84 valence electrons. The van der Waals surface area contributed by atoms with Crippen molar-refractivity contribution in [1.82, 2.24) is 10.3 Å². The largest absolute Gasteiger partial charge is 0.396 e. The van der Waals surface area contributed by atoms with E-state index in [4.69, 9.17) is 10.9 Å². The normalized spacial score (nSPS) is 12.9. The van der Waals surface area contributed by atoms with Gasteiger partial charge in [0.2, 0.25) is 0 Å². The lowest BCUT2D eigenvalue weighted by atomic mass is 10.1. The average molecular weight is 203 g/mol. The molecule has 5 nitrogen and oxygen atoms in total. The molecule has 14 heavy (non-hydrogen) atoms. The van der Waals surface area contributed by atoms with Crippen LogP contribution in [-0.4, -0.2) is 41.7 Å². The molecule has 0 bridgehead atoms. The van der Waals surface area contributed by atoms with Gasteiger partial charge in [0.05, 0.1) is 6.04 Å². The van der Waals surface area contributed by atoms with Crippen LogP contribution in [0.25, 0.3) is 0 Å². The standard InChI is InChI=1S/C9H21N3O2/c1-3-8(9(14)11-10)12(4-2)6-5-7-13/h8,13H,3-7,10H2,1-2H3,(H,11,14). The monoisotopic (exact) mass is 203 g/mol. The number of likely N-dealkylation sites (N-methyl/N-ethyl adjacent to an activating group) is 1. The third-order valence-electron chi connectivity index (χ3n) is 2.28. The summed E-state index contributed by atoms with van der Waals surface area (Å²) in [7, 11) is 0. The van der Waals surface area contributed by atoms with Gasteiger partial charge in [0, 0.05) is 13.2 Å². The fourth-order valence-electron chi connectivity index (χ4n) is 1.51. The number of carbonyl (C=O) groups is 1. The highest BCUT2D eigenvalue weighted by Crippen LogP contribution is 2.04. The van der Waals surface area contributed by atoms with Crippen molar-refractivity contribution in [2.75, 3.05) is 19.7 Å². The Hall–Kier alpha value is -0.650. The summed E-state index contributed by atoms with van der Waals surface area (Å²) in [6.07, 6.45) is 1.41. The third-order valence-corrected chi connectivity index (χ3v) is 2.28. The number of rotatable bonds is 7. The Bertz CT molecular complexity index is 164. The molecule has 0 aliphatic carbocycles. The minimum absolute atomic E-state index is 0.150. The number of hydrogen-bond acceptors (Lipinski definition) is 4. The molecular formula is C9H21N3O2. The molecule has 0 rings (SSSR count). The summed E-state index contributed by atoms with van der Waals surface area (Å²) in [5.74, 6) is 4.93. The van der Waals surface area contributed by atoms with Crippen molar-refractivity contribution < 1.29 is 9.90 Å². The van der Waals surface area contributed by atoms with Crippen molar-refractivity contribution in [2.45, 2.75) is 32.7 Å². The summed E-state index contributed by atoms with van der Waals surface area (Å²) in [5, 5.41) is 8.71. The van der Waals surface area contributed by atoms with Crippen molar-refractivity contribution in [1.29, 1.82) is 0 Å². The second kappa shape index (κ2) is 7.73. The van der Waals surface area contributed by atoms with Gasteiger partial charge in [-0.05, 0) is 19.4 Å². The topological polar surface area (TPSA) is 78.6 Å². The number of aliphatic hydroxyl groups excluding tert-OH is 1. The van der Waals surface area contributed by atoms with E-state index in [1.54, 1.807) is 0 Å². The summed E-state index contributed by atoms with van der Waals surface area (Å²) in [6.45, 7) is 5.59. The highest BCUT2D eigenvalue weighted by Gasteiger charge is 2.21. The molecule has 0 spiro atoms. The van der Waals surface area contributed by atoms with Crippen LogP contribution in [0.4, 0.5) is 0 Å². The minimum atomic E-state index is -0.184. The Morgan fingerprint density at radius 2 is 2.21 bits per heavy atom. The van der Waals surface area contributed by atoms with Gasteiger partial charge in [0.15, 0.2) is 0 Å². The van der Waals surface area contributed by atoms with Gasteiger partial charge in [0.25, 0.3) is 5.91 Å². The van der Waals surface area contributed by atoms with Crippen LogP contribution in [0.5, 0.6) is 0 Å². The van der Waals surface area contributed by atoms with Crippen LogP contribution in [-0.2, 0) is 4.79 Å². The van der Waals surface area contributed by atoms with E-state index in [1.807, 2.05) is 18.7 Å². The molecular weight excluding hydrogens is 182 g/mol. The van der Waals surface area contributed by atoms with Crippen LogP contribution in [0, 0.1) is 0 Å². The number of hydrazine groups is 1. The Morgan fingerprint density at radius 3 is 2.57 bits per heavy atom. The van der Waals surface area contributed by atoms with E-state index < -0.39 is 0 Å². The summed E-state index contributed by atoms with van der Waals surface area (Å²) in [6, 6.07) is -0.184. The van der Waals surface area contributed by atoms with Crippen LogP contribution < -0.4 is 11.3 Å². The van der Waals surface area contributed by atoms with Gasteiger partial charge < -0.3 is 5.11 Å². The fourth-order valence-corrected chi connectivity index (χ4v) is 1.51. The molecule has 4 N–H and O–H groups in total. The van der Waals surface area contributed by atoms with E-state index in [2.05, 4.69) is 5.43 Å². The predicted octanol–water partition coefficient (Wildman–Crippen LogP) is -0.541. The number of hydrogen-bond donors (Lipinski definition) is 3. The van der Waals surface area contributed by atoms with Gasteiger partial charge in [-0.1, -0.05) is 13.8 Å². The summed E-state index contributed by atoms with van der Waals surface area (Å²) < 4.78 is 0. The lowest BCUT2D eigenvalue weighted by molar-refractivity contribution is -0.126. The first-order valence-electron chi connectivity index (χ1n) is 5.06. The Balaban J connectivity index is 4.21. The molecule has 0 aromatic rings. The zero-order valence-electron chi connectivity index (χ0n) is 8.99. The first-order valence-corrected chi connectivity index (χ1v) is 5.06. The van der Waals surface area contributed by atoms with Crippen molar-refractivity contribution in [3.63, 3.8) is 0 Å². The first-order chi connectivity index (χ1) is 6.71. The van der Waals surface area contributed by atoms with Crippen molar-refractivity contribution in [2.24, 2.45) is 5.84 Å². The van der Waals surface area contributed by atoms with Crippen molar-refractivity contribution in [3.05, 3.63) is 0 Å². The van der Waals surface area contributed by atoms with Gasteiger partial charge in [-0.15, -0.1) is 0 Å². The molecule has 1 unspecified atom stereocenters. The summed E-state index contributed by atoms with van der Waals surface area (Å²) in [4.78, 5) is 13.4. The smallest absolute Gasteiger partial charge is 0.251 e. The lowest BCUT2D eigenvalue weighted by Crippen LogP contribution is -2.49. The van der Waals surface area contributed by atoms with Gasteiger partial charge in [-0.2, -0.15) is 0 Å². The maximum Gasteiger partial charge on any atom is 0.251 e. The highest BCUT2D eigenvalue weighted by atomic mass is 16.3. The predicted molar refractivity (Wildman–Crippen MR) is 55.4 cm³/mol. The first kappa shape index (κ1) is 13.4. The van der Waals surface area contributed by atoms with Crippen LogP contribution >= 0.6 is 0 Å². The zero-order valence-corrected chi connectivity index (χ0v) is 8.99. The van der Waals surface area contributed by atoms with E-state index in [9.17, 15) is 4.79 Å². The van der Waals surface area contributed by atoms with Gasteiger partial charge in [0.1, 0.15) is 0 Å². The molecule has 1 atom stereocenters. The molecule has 0 saturated heterocycles. The molecule has 0 saturated carbocycles. The SMILES string of the molecule is CCC(C(=O)NN)N(CC)CCCO. The van der Waals surface area contributed by atoms with E-state index in [-0.39, 0.29) is 18.6 Å². The lowest BCUT2D eigenvalue weighted by Gasteiger charge is -2.27. The average Bonchev–Trinajstić information content (AvgIpc) is 2.23. The summed E-state index contributed by atoms with van der Waals surface area (Å²) >= 11 is 0. The van der Waals surface area contributed by atoms with Crippen LogP contribution in [0.15, 0.2) is 0 Å². The molecule has 1 amide bonds. The second-order valence-electron chi connectivity index (χ2n) is 3.14. The molecule has 0 aliphatic heterocycles. The Morgan fingerprint density at radius 1 is 1.57 bits per heavy atom. The summed E-state index contributed by atoms with van der Waals surface area (Å²) in [5.41, 5.74) is 2.16. The van der Waals surface area contributed by atoms with Crippen molar-refractivity contribution >= 4 is 5.91 Å². The second-order valence-corrected chi connectivity index (χ2v) is 3.14. The molecule has 5 heteroatoms.